The molecule has 0 spiro atoms. The molecule has 0 fully saturated rings. The fraction of sp³-hybridized carbons (Fsp3) is 0.708. The molecule has 3 heteroatoms. The molecule has 0 saturated heterocycles. The van der Waals surface area contributed by atoms with Gasteiger partial charge < -0.3 is 10.0 Å². The molecule has 0 aliphatic heterocycles. The van der Waals surface area contributed by atoms with Crippen LogP contribution in [0.15, 0.2) is 24.3 Å². The molecule has 0 radical (unpaired) electrons. The van der Waals surface area contributed by atoms with Crippen LogP contribution in [0.25, 0.3) is 0 Å². The number of nitrogens with zero attached hydrogens (tertiary/aromatic N) is 1. The maximum atomic E-state index is 10.3. The molecule has 0 unspecified atom stereocenters. The van der Waals surface area contributed by atoms with Crippen molar-refractivity contribution >= 4 is 5.97 Å². The van der Waals surface area contributed by atoms with E-state index in [1.54, 1.807) is 24.3 Å². The van der Waals surface area contributed by atoms with Crippen molar-refractivity contribution in [3.63, 3.8) is 0 Å². The Morgan fingerprint density at radius 1 is 0.778 bits per heavy atom. The van der Waals surface area contributed by atoms with Gasteiger partial charge >= 0.3 is 5.97 Å². The number of aromatic carboxylic acids is 1. The lowest BCUT2D eigenvalue weighted by Crippen LogP contribution is -2.12. The van der Waals surface area contributed by atoms with Crippen molar-refractivity contribution in [1.29, 1.82) is 0 Å². The Bertz CT molecular complexity index is 454. The first-order valence-corrected chi connectivity index (χ1v) is 10.9. The molecule has 0 amide bonds. The van der Waals surface area contributed by atoms with E-state index in [9.17, 15) is 4.79 Å². The molecule has 1 rings (SSSR count). The molecule has 1 aromatic carbocycles. The van der Waals surface area contributed by atoms with Gasteiger partial charge in [0.05, 0.1) is 5.56 Å². The number of benzene rings is 1. The summed E-state index contributed by atoms with van der Waals surface area (Å²) >= 11 is 0. The third-order valence-electron chi connectivity index (χ3n) is 4.76. The van der Waals surface area contributed by atoms with E-state index in [1.165, 1.54) is 83.6 Å². The van der Waals surface area contributed by atoms with Crippen LogP contribution in [0.2, 0.25) is 0 Å². The predicted octanol–water partition coefficient (Wildman–Crippen LogP) is 6.94. The van der Waals surface area contributed by atoms with E-state index >= 15 is 0 Å². The Kier molecular flexibility index (Phi) is 17.1. The molecular weight excluding hydrogens is 334 g/mol. The Morgan fingerprint density at radius 3 is 1.56 bits per heavy atom. The van der Waals surface area contributed by atoms with Crippen LogP contribution in [0, 0.1) is 6.92 Å². The van der Waals surface area contributed by atoms with Crippen molar-refractivity contribution in [2.45, 2.75) is 90.9 Å². The van der Waals surface area contributed by atoms with Crippen molar-refractivity contribution < 1.29 is 9.90 Å². The predicted molar refractivity (Wildman–Crippen MR) is 118 cm³/mol. The number of carbonyl (C=O) groups is 1. The summed E-state index contributed by atoms with van der Waals surface area (Å²) in [5.74, 6) is -0.875. The maximum absolute atomic E-state index is 10.3. The van der Waals surface area contributed by atoms with Crippen molar-refractivity contribution in [2.75, 3.05) is 20.6 Å². The molecule has 0 aliphatic rings. The highest BCUT2D eigenvalue weighted by molar-refractivity contribution is 5.87. The molecule has 3 nitrogen and oxygen atoms in total. The molecule has 1 aromatic rings. The summed E-state index contributed by atoms with van der Waals surface area (Å²) < 4.78 is 0. The van der Waals surface area contributed by atoms with Gasteiger partial charge in [0.15, 0.2) is 0 Å². The first-order valence-electron chi connectivity index (χ1n) is 10.9. The van der Waals surface area contributed by atoms with Crippen LogP contribution in [0.4, 0.5) is 0 Å². The van der Waals surface area contributed by atoms with Gasteiger partial charge in [0.2, 0.25) is 0 Å². The standard InChI is InChI=1S/C16H35N.C8H8O2/c1-4-5-6-7-8-9-10-11-12-13-14-15-16-17(2)3;1-6-2-4-7(5-3-6)8(9)10/h4-16H2,1-3H3;2-5H,1H3,(H,9,10). The molecule has 1 N–H and O–H groups in total. The maximum Gasteiger partial charge on any atom is 0.335 e. The lowest BCUT2D eigenvalue weighted by molar-refractivity contribution is 0.0697. The van der Waals surface area contributed by atoms with E-state index in [0.717, 1.165) is 5.56 Å². The fourth-order valence-corrected chi connectivity index (χ4v) is 2.97. The number of rotatable bonds is 14. The van der Waals surface area contributed by atoms with E-state index in [4.69, 9.17) is 5.11 Å². The molecule has 0 bridgehead atoms. The van der Waals surface area contributed by atoms with Gasteiger partial charge in [-0.05, 0) is 46.1 Å². The second-order valence-electron chi connectivity index (χ2n) is 7.86. The van der Waals surface area contributed by atoms with Crippen LogP contribution in [-0.2, 0) is 0 Å². The minimum absolute atomic E-state index is 0.339. The second-order valence-corrected chi connectivity index (χ2v) is 7.86. The lowest BCUT2D eigenvalue weighted by atomic mass is 10.1. The van der Waals surface area contributed by atoms with Crippen molar-refractivity contribution in [2.24, 2.45) is 0 Å². The van der Waals surface area contributed by atoms with Gasteiger partial charge in [-0.15, -0.1) is 0 Å². The number of carboxylic acid groups (broad SMARTS) is 1. The minimum atomic E-state index is -0.875. The molecule has 0 saturated carbocycles. The highest BCUT2D eigenvalue weighted by Crippen LogP contribution is 2.11. The van der Waals surface area contributed by atoms with Crippen molar-refractivity contribution in [3.05, 3.63) is 35.4 Å². The zero-order valence-electron chi connectivity index (χ0n) is 18.3. The topological polar surface area (TPSA) is 40.5 Å². The van der Waals surface area contributed by atoms with E-state index in [-0.39, 0.29) is 0 Å². The SMILES string of the molecule is CCCCCCCCCCCCCCN(C)C.Cc1ccc(C(=O)O)cc1. The molecule has 0 aromatic heterocycles. The Hall–Kier alpha value is -1.35. The average molecular weight is 378 g/mol. The van der Waals surface area contributed by atoms with Gasteiger partial charge in [0, 0.05) is 0 Å². The van der Waals surface area contributed by atoms with Gasteiger partial charge in [-0.2, -0.15) is 0 Å². The summed E-state index contributed by atoms with van der Waals surface area (Å²) in [6.45, 7) is 5.47. The highest BCUT2D eigenvalue weighted by Gasteiger charge is 1.98. The summed E-state index contributed by atoms with van der Waals surface area (Å²) in [7, 11) is 4.33. The largest absolute Gasteiger partial charge is 0.478 e. The first-order chi connectivity index (χ1) is 13.0. The van der Waals surface area contributed by atoms with Crippen LogP contribution < -0.4 is 0 Å². The molecule has 0 heterocycles. The van der Waals surface area contributed by atoms with E-state index < -0.39 is 5.97 Å². The highest BCUT2D eigenvalue weighted by atomic mass is 16.4. The normalized spacial score (nSPS) is 10.6. The first kappa shape index (κ1) is 25.6. The number of carboxylic acids is 1. The minimum Gasteiger partial charge on any atom is -0.478 e. The van der Waals surface area contributed by atoms with Crippen LogP contribution >= 0.6 is 0 Å². The third kappa shape index (κ3) is 17.8. The molecule has 27 heavy (non-hydrogen) atoms. The van der Waals surface area contributed by atoms with Gasteiger partial charge in [0.25, 0.3) is 0 Å². The number of aryl methyl sites for hydroxylation is 1. The van der Waals surface area contributed by atoms with Crippen LogP contribution in [0.5, 0.6) is 0 Å². The van der Waals surface area contributed by atoms with E-state index in [1.807, 2.05) is 6.92 Å². The Balaban J connectivity index is 0.000000569. The van der Waals surface area contributed by atoms with Gasteiger partial charge in [-0.25, -0.2) is 4.79 Å². The number of unbranched alkanes of at least 4 members (excludes halogenated alkanes) is 11. The van der Waals surface area contributed by atoms with Crippen LogP contribution in [0.3, 0.4) is 0 Å². The van der Waals surface area contributed by atoms with E-state index in [0.29, 0.717) is 5.56 Å². The molecule has 156 valence electrons. The summed E-state index contributed by atoms with van der Waals surface area (Å²) in [6.07, 6.45) is 17.3. The Morgan fingerprint density at radius 2 is 1.19 bits per heavy atom. The van der Waals surface area contributed by atoms with Gasteiger partial charge in [-0.1, -0.05) is 95.2 Å². The third-order valence-corrected chi connectivity index (χ3v) is 4.76. The van der Waals surface area contributed by atoms with Gasteiger partial charge in [0.1, 0.15) is 0 Å². The second kappa shape index (κ2) is 18.0. The quantitative estimate of drug-likeness (QED) is 0.357. The molecule has 0 aliphatic carbocycles. The smallest absolute Gasteiger partial charge is 0.335 e. The zero-order valence-corrected chi connectivity index (χ0v) is 18.3. The van der Waals surface area contributed by atoms with Crippen LogP contribution in [-0.4, -0.2) is 36.6 Å². The summed E-state index contributed by atoms with van der Waals surface area (Å²) in [4.78, 5) is 12.6. The number of hydrogen-bond acceptors (Lipinski definition) is 2. The number of hydrogen-bond donors (Lipinski definition) is 1. The Labute approximate surface area is 168 Å². The zero-order chi connectivity index (χ0) is 20.3. The average Bonchev–Trinajstić information content (AvgIpc) is 2.63. The van der Waals surface area contributed by atoms with E-state index in [2.05, 4.69) is 25.9 Å². The molecular formula is C24H43NO2. The summed E-state index contributed by atoms with van der Waals surface area (Å²) in [5.41, 5.74) is 1.41. The van der Waals surface area contributed by atoms with Crippen LogP contribution in [0.1, 0.15) is 99.9 Å². The van der Waals surface area contributed by atoms with Crippen molar-refractivity contribution in [1.82, 2.24) is 4.90 Å². The van der Waals surface area contributed by atoms with Crippen molar-refractivity contribution in [3.8, 4) is 0 Å². The fourth-order valence-electron chi connectivity index (χ4n) is 2.97. The lowest BCUT2D eigenvalue weighted by Gasteiger charge is -2.08. The summed E-state index contributed by atoms with van der Waals surface area (Å²) in [6, 6.07) is 6.75. The molecule has 0 atom stereocenters. The van der Waals surface area contributed by atoms with Gasteiger partial charge in [-0.3, -0.25) is 0 Å². The monoisotopic (exact) mass is 377 g/mol. The summed E-state index contributed by atoms with van der Waals surface area (Å²) in [5, 5.41) is 8.48.